The molecule has 0 amide bonds. The highest BCUT2D eigenvalue weighted by molar-refractivity contribution is 7.79. The van der Waals surface area contributed by atoms with Crippen molar-refractivity contribution in [2.24, 2.45) is 0 Å². The first-order valence-electron chi connectivity index (χ1n) is 8.03. The van der Waals surface area contributed by atoms with E-state index in [2.05, 4.69) is 34.3 Å². The standard InChI is InChI=1S/C19H18N4OS.ClH/c1-13-17(12-25)23(10-7-18(13)24-2)19-20-15-6-5-14(11-16(15)21-19)22-8-3-4-9-22;/h3-11H,12H2,1-2H3,(H-,20,21,25);1H. The number of nitrogens with zero attached hydrogens (tertiary/aromatic N) is 3. The Hall–Kier alpha value is -2.44. The molecule has 0 spiro atoms. The zero-order chi connectivity index (χ0) is 17.4. The van der Waals surface area contributed by atoms with Gasteiger partial charge in [0.2, 0.25) is 0 Å². The molecule has 0 aliphatic rings. The van der Waals surface area contributed by atoms with E-state index in [0.29, 0.717) is 5.75 Å². The van der Waals surface area contributed by atoms with Crippen LogP contribution in [0.2, 0.25) is 0 Å². The number of thiol groups is 1. The van der Waals surface area contributed by atoms with E-state index >= 15 is 0 Å². The molecule has 3 aromatic heterocycles. The van der Waals surface area contributed by atoms with Gasteiger partial charge in [-0.15, -0.1) is 0 Å². The molecule has 0 fully saturated rings. The van der Waals surface area contributed by atoms with Crippen molar-refractivity contribution in [1.29, 1.82) is 0 Å². The average Bonchev–Trinajstić information content (AvgIpc) is 3.30. The topological polar surface area (TPSA) is 46.7 Å². The fraction of sp³-hybridized carbons (Fsp3) is 0.158. The summed E-state index contributed by atoms with van der Waals surface area (Å²) in [4.78, 5) is 8.15. The molecule has 7 heteroatoms. The molecule has 0 bridgehead atoms. The number of rotatable bonds is 4. The van der Waals surface area contributed by atoms with Gasteiger partial charge < -0.3 is 21.7 Å². The Balaban J connectivity index is 0.00000196. The van der Waals surface area contributed by atoms with Crippen molar-refractivity contribution < 1.29 is 21.7 Å². The molecule has 1 aromatic carbocycles. The number of fused-ring (bicyclic) bond motifs is 1. The summed E-state index contributed by atoms with van der Waals surface area (Å²) in [6.45, 7) is 2.04. The monoisotopic (exact) mass is 386 g/mol. The summed E-state index contributed by atoms with van der Waals surface area (Å²) in [5.41, 5.74) is 5.13. The van der Waals surface area contributed by atoms with E-state index in [1.807, 2.05) is 54.3 Å². The minimum atomic E-state index is 0. The van der Waals surface area contributed by atoms with Crippen LogP contribution < -0.4 is 21.7 Å². The van der Waals surface area contributed by atoms with Gasteiger partial charge in [0, 0.05) is 41.5 Å². The van der Waals surface area contributed by atoms with Gasteiger partial charge in [0.25, 0.3) is 0 Å². The normalized spacial score (nSPS) is 10.7. The van der Waals surface area contributed by atoms with Gasteiger partial charge in [-0.05, 0) is 31.2 Å². The van der Waals surface area contributed by atoms with Crippen LogP contribution in [0.5, 0.6) is 5.75 Å². The number of nitrogens with one attached hydrogen (secondary N) is 1. The second kappa shape index (κ2) is 7.43. The van der Waals surface area contributed by atoms with Crippen LogP contribution in [-0.2, 0) is 5.75 Å². The maximum atomic E-state index is 5.41. The highest BCUT2D eigenvalue weighted by Crippen LogP contribution is 2.21. The first kappa shape index (κ1) is 18.4. The van der Waals surface area contributed by atoms with Gasteiger partial charge in [-0.3, -0.25) is 0 Å². The van der Waals surface area contributed by atoms with Crippen molar-refractivity contribution in [3.05, 3.63) is 66.2 Å². The van der Waals surface area contributed by atoms with E-state index in [1.54, 1.807) is 7.11 Å². The molecule has 0 aliphatic carbocycles. The van der Waals surface area contributed by atoms with Crippen molar-refractivity contribution in [2.75, 3.05) is 7.11 Å². The molecular weight excluding hydrogens is 368 g/mol. The van der Waals surface area contributed by atoms with E-state index in [9.17, 15) is 0 Å². The van der Waals surface area contributed by atoms with Crippen LogP contribution in [0, 0.1) is 6.92 Å². The lowest BCUT2D eigenvalue weighted by atomic mass is 10.2. The van der Waals surface area contributed by atoms with Gasteiger partial charge in [-0.25, -0.2) is 9.55 Å². The maximum Gasteiger partial charge on any atom is 0.402 e. The Morgan fingerprint density at radius 3 is 2.69 bits per heavy atom. The number of H-pyrrole nitrogens is 1. The smallest absolute Gasteiger partial charge is 0.402 e. The Labute approximate surface area is 163 Å². The van der Waals surface area contributed by atoms with E-state index < -0.39 is 0 Å². The van der Waals surface area contributed by atoms with E-state index in [4.69, 9.17) is 9.72 Å². The molecule has 4 aromatic rings. The summed E-state index contributed by atoms with van der Waals surface area (Å²) < 4.78 is 9.51. The SMILES string of the molecule is COc1cc[n+](-c2nc3ccc(-n4cccc4)cc3[nH]2)c(CS)c1C.[Cl-]. The van der Waals surface area contributed by atoms with Crippen molar-refractivity contribution in [1.82, 2.24) is 14.5 Å². The number of methoxy groups -OCH3 is 1. The van der Waals surface area contributed by atoms with Crippen LogP contribution >= 0.6 is 12.6 Å². The van der Waals surface area contributed by atoms with Gasteiger partial charge >= 0.3 is 5.95 Å². The molecule has 0 unspecified atom stereocenters. The number of imidazole rings is 1. The number of pyridine rings is 1. The van der Waals surface area contributed by atoms with Crippen LogP contribution in [0.1, 0.15) is 11.3 Å². The summed E-state index contributed by atoms with van der Waals surface area (Å²) in [6.07, 6.45) is 6.01. The first-order valence-corrected chi connectivity index (χ1v) is 8.67. The molecule has 5 nitrogen and oxygen atoms in total. The largest absolute Gasteiger partial charge is 1.00 e. The molecule has 0 saturated heterocycles. The summed E-state index contributed by atoms with van der Waals surface area (Å²) in [6, 6.07) is 12.2. The number of halogens is 1. The zero-order valence-corrected chi connectivity index (χ0v) is 16.1. The van der Waals surface area contributed by atoms with E-state index in [0.717, 1.165) is 39.7 Å². The molecule has 26 heavy (non-hydrogen) atoms. The average molecular weight is 387 g/mol. The van der Waals surface area contributed by atoms with Crippen LogP contribution in [0.25, 0.3) is 22.7 Å². The predicted octanol–water partition coefficient (Wildman–Crippen LogP) is 0.381. The van der Waals surface area contributed by atoms with Crippen molar-refractivity contribution in [2.45, 2.75) is 12.7 Å². The Morgan fingerprint density at radius 2 is 2.00 bits per heavy atom. The lowest BCUT2D eigenvalue weighted by Crippen LogP contribution is -3.00. The quantitative estimate of drug-likeness (QED) is 0.393. The molecule has 4 rings (SSSR count). The number of ether oxygens (including phenoxy) is 1. The van der Waals surface area contributed by atoms with Gasteiger partial charge in [0.1, 0.15) is 17.0 Å². The van der Waals surface area contributed by atoms with Crippen LogP contribution in [0.3, 0.4) is 0 Å². The van der Waals surface area contributed by atoms with Gasteiger partial charge in [0.05, 0.1) is 13.3 Å². The minimum Gasteiger partial charge on any atom is -1.00 e. The third-order valence-electron chi connectivity index (χ3n) is 4.42. The summed E-state index contributed by atoms with van der Waals surface area (Å²) in [7, 11) is 1.68. The van der Waals surface area contributed by atoms with E-state index in [1.165, 1.54) is 0 Å². The van der Waals surface area contributed by atoms with Gasteiger partial charge in [0.15, 0.2) is 5.52 Å². The van der Waals surface area contributed by atoms with Gasteiger partial charge in [-0.1, -0.05) is 4.98 Å². The highest BCUT2D eigenvalue weighted by atomic mass is 35.5. The Morgan fingerprint density at radius 1 is 1.23 bits per heavy atom. The summed E-state index contributed by atoms with van der Waals surface area (Å²) in [5, 5.41) is 0. The van der Waals surface area contributed by atoms with Gasteiger partial charge in [-0.2, -0.15) is 12.6 Å². The van der Waals surface area contributed by atoms with Crippen LogP contribution in [0.15, 0.2) is 55.0 Å². The highest BCUT2D eigenvalue weighted by Gasteiger charge is 2.20. The molecule has 0 radical (unpaired) electrons. The number of benzene rings is 1. The predicted molar refractivity (Wildman–Crippen MR) is 101 cm³/mol. The van der Waals surface area contributed by atoms with E-state index in [-0.39, 0.29) is 12.4 Å². The second-order valence-electron chi connectivity index (χ2n) is 5.84. The Bertz CT molecular complexity index is 1040. The van der Waals surface area contributed by atoms with Crippen molar-refractivity contribution in [3.8, 4) is 17.4 Å². The summed E-state index contributed by atoms with van der Waals surface area (Å²) in [5.74, 6) is 2.22. The molecular formula is C19H19ClN4OS. The lowest BCUT2D eigenvalue weighted by molar-refractivity contribution is -0.610. The molecule has 1 N–H and O–H groups in total. The molecule has 0 atom stereocenters. The fourth-order valence-electron chi connectivity index (χ4n) is 3.06. The lowest BCUT2D eigenvalue weighted by Gasteiger charge is -2.10. The molecule has 0 saturated carbocycles. The number of aromatic amines is 1. The minimum absolute atomic E-state index is 0. The zero-order valence-electron chi connectivity index (χ0n) is 14.5. The second-order valence-corrected chi connectivity index (χ2v) is 6.15. The maximum absolute atomic E-state index is 5.41. The third-order valence-corrected chi connectivity index (χ3v) is 4.72. The number of aromatic nitrogens is 4. The molecule has 3 heterocycles. The Kier molecular flexibility index (Phi) is 5.25. The van der Waals surface area contributed by atoms with Crippen LogP contribution in [-0.4, -0.2) is 21.6 Å². The van der Waals surface area contributed by atoms with Crippen LogP contribution in [0.4, 0.5) is 0 Å². The summed E-state index contributed by atoms with van der Waals surface area (Å²) >= 11 is 4.48. The fourth-order valence-corrected chi connectivity index (χ4v) is 3.45. The van der Waals surface area contributed by atoms with Crippen molar-refractivity contribution >= 4 is 23.7 Å². The number of hydrogen-bond acceptors (Lipinski definition) is 3. The third kappa shape index (κ3) is 3.06. The van der Waals surface area contributed by atoms with Crippen molar-refractivity contribution in [3.63, 3.8) is 0 Å². The molecule has 134 valence electrons. The first-order chi connectivity index (χ1) is 12.2. The molecule has 0 aliphatic heterocycles. The number of hydrogen-bond donors (Lipinski definition) is 2.